The number of ether oxygens (including phenoxy) is 1. The van der Waals surface area contributed by atoms with Crippen LogP contribution < -0.4 is 15.0 Å². The lowest BCUT2D eigenvalue weighted by Gasteiger charge is -2.43. The molecule has 0 bridgehead atoms. The number of benzene rings is 2. The maximum atomic E-state index is 13.5. The van der Waals surface area contributed by atoms with Crippen molar-refractivity contribution in [3.8, 4) is 5.75 Å². The summed E-state index contributed by atoms with van der Waals surface area (Å²) in [5.74, 6) is 0.425. The maximum Gasteiger partial charge on any atom is 0.232 e. The van der Waals surface area contributed by atoms with E-state index in [0.717, 1.165) is 22.6 Å². The molecule has 0 saturated carbocycles. The van der Waals surface area contributed by atoms with Crippen molar-refractivity contribution in [1.29, 1.82) is 0 Å². The molecule has 0 spiro atoms. The molecule has 0 aromatic heterocycles. The SMILES string of the molecule is CCOc1ccc(C2CC(=O)N(c3ccc(NC(C)=O)cc3)C3=C2C(=O)CC(C)(C)C3)cc1. The summed E-state index contributed by atoms with van der Waals surface area (Å²) in [4.78, 5) is 39.9. The number of allylic oxidation sites excluding steroid dienone is 2. The first-order valence-electron chi connectivity index (χ1n) is 11.4. The minimum absolute atomic E-state index is 0.0367. The Balaban J connectivity index is 1.77. The van der Waals surface area contributed by atoms with E-state index in [-0.39, 0.29) is 35.4 Å². The summed E-state index contributed by atoms with van der Waals surface area (Å²) >= 11 is 0. The Morgan fingerprint density at radius 1 is 1.06 bits per heavy atom. The van der Waals surface area contributed by atoms with Crippen LogP contribution in [0, 0.1) is 5.41 Å². The highest BCUT2D eigenvalue weighted by molar-refractivity contribution is 6.08. The first-order valence-corrected chi connectivity index (χ1v) is 11.4. The third-order valence-electron chi connectivity index (χ3n) is 6.18. The van der Waals surface area contributed by atoms with Gasteiger partial charge in [-0.05, 0) is 60.7 Å². The van der Waals surface area contributed by atoms with Gasteiger partial charge in [0.15, 0.2) is 5.78 Å². The number of ketones is 1. The molecule has 172 valence electrons. The Hall–Kier alpha value is -3.41. The third-order valence-corrected chi connectivity index (χ3v) is 6.18. The van der Waals surface area contributed by atoms with Crippen molar-refractivity contribution in [3.05, 3.63) is 65.4 Å². The van der Waals surface area contributed by atoms with Crippen molar-refractivity contribution in [1.82, 2.24) is 0 Å². The Morgan fingerprint density at radius 2 is 1.73 bits per heavy atom. The van der Waals surface area contributed by atoms with E-state index in [2.05, 4.69) is 19.2 Å². The van der Waals surface area contributed by atoms with Gasteiger partial charge in [-0.2, -0.15) is 0 Å². The van der Waals surface area contributed by atoms with Gasteiger partial charge < -0.3 is 10.1 Å². The predicted molar refractivity (Wildman–Crippen MR) is 128 cm³/mol. The topological polar surface area (TPSA) is 75.7 Å². The van der Waals surface area contributed by atoms with E-state index in [1.807, 2.05) is 43.3 Å². The van der Waals surface area contributed by atoms with Gasteiger partial charge in [-0.25, -0.2) is 0 Å². The number of rotatable bonds is 5. The summed E-state index contributed by atoms with van der Waals surface area (Å²) in [6.07, 6.45) is 1.33. The minimum Gasteiger partial charge on any atom is -0.494 e. The van der Waals surface area contributed by atoms with Crippen LogP contribution in [0.4, 0.5) is 11.4 Å². The molecule has 0 saturated heterocycles. The Morgan fingerprint density at radius 3 is 2.33 bits per heavy atom. The molecular formula is C27H30N2O4. The summed E-state index contributed by atoms with van der Waals surface area (Å²) < 4.78 is 5.55. The molecule has 0 fully saturated rings. The molecule has 1 unspecified atom stereocenters. The Kier molecular flexibility index (Phi) is 6.11. The van der Waals surface area contributed by atoms with Crippen LogP contribution in [0.5, 0.6) is 5.75 Å². The van der Waals surface area contributed by atoms with Crippen LogP contribution in [0.3, 0.4) is 0 Å². The van der Waals surface area contributed by atoms with Crippen LogP contribution in [0.15, 0.2) is 59.8 Å². The zero-order valence-electron chi connectivity index (χ0n) is 19.6. The van der Waals surface area contributed by atoms with E-state index < -0.39 is 0 Å². The van der Waals surface area contributed by atoms with Gasteiger partial charge in [0.25, 0.3) is 0 Å². The van der Waals surface area contributed by atoms with E-state index in [4.69, 9.17) is 4.74 Å². The van der Waals surface area contributed by atoms with E-state index in [1.165, 1.54) is 6.92 Å². The van der Waals surface area contributed by atoms with Crippen LogP contribution in [0.1, 0.15) is 58.4 Å². The van der Waals surface area contributed by atoms with Crippen LogP contribution in [0.2, 0.25) is 0 Å². The minimum atomic E-state index is -0.262. The van der Waals surface area contributed by atoms with Crippen molar-refractivity contribution >= 4 is 29.0 Å². The Labute approximate surface area is 194 Å². The van der Waals surface area contributed by atoms with Gasteiger partial charge in [0, 0.05) is 48.3 Å². The molecule has 2 aliphatic rings. The molecule has 6 heteroatoms. The zero-order chi connectivity index (χ0) is 23.8. The molecule has 4 rings (SSSR count). The second kappa shape index (κ2) is 8.85. The number of nitrogens with one attached hydrogen (secondary N) is 1. The lowest BCUT2D eigenvalue weighted by atomic mass is 9.69. The fourth-order valence-corrected chi connectivity index (χ4v) is 4.86. The standard InChI is InChI=1S/C27H30N2O4/c1-5-33-21-12-6-18(7-13-21)22-14-25(32)29(20-10-8-19(9-11-20)28-17(2)30)23-15-27(3,4)16-24(31)26(22)23/h6-13,22H,5,14-16H2,1-4H3,(H,28,30). The highest BCUT2D eigenvalue weighted by Crippen LogP contribution is 2.48. The van der Waals surface area contributed by atoms with E-state index >= 15 is 0 Å². The van der Waals surface area contributed by atoms with Gasteiger partial charge in [-0.1, -0.05) is 26.0 Å². The van der Waals surface area contributed by atoms with Gasteiger partial charge in [-0.3, -0.25) is 19.3 Å². The summed E-state index contributed by atoms with van der Waals surface area (Å²) in [5.41, 5.74) is 3.62. The summed E-state index contributed by atoms with van der Waals surface area (Å²) in [6, 6.07) is 14.9. The molecule has 1 heterocycles. The summed E-state index contributed by atoms with van der Waals surface area (Å²) in [6.45, 7) is 8.11. The van der Waals surface area contributed by atoms with E-state index in [0.29, 0.717) is 30.8 Å². The van der Waals surface area contributed by atoms with Crippen molar-refractivity contribution in [2.24, 2.45) is 5.41 Å². The number of Topliss-reactive ketones (excluding diaryl/α,β-unsaturated/α-hetero) is 1. The number of amides is 2. The highest BCUT2D eigenvalue weighted by atomic mass is 16.5. The molecule has 2 aromatic rings. The quantitative estimate of drug-likeness (QED) is 0.684. The molecule has 1 N–H and O–H groups in total. The fraction of sp³-hybridized carbons (Fsp3) is 0.370. The predicted octanol–water partition coefficient (Wildman–Crippen LogP) is 5.21. The van der Waals surface area contributed by atoms with Crippen LogP contribution >= 0.6 is 0 Å². The lowest BCUT2D eigenvalue weighted by molar-refractivity contribution is -0.121. The van der Waals surface area contributed by atoms with Crippen molar-refractivity contribution in [2.45, 2.75) is 52.9 Å². The molecule has 1 aliphatic carbocycles. The number of hydrogen-bond acceptors (Lipinski definition) is 4. The third kappa shape index (κ3) is 4.70. The van der Waals surface area contributed by atoms with Crippen molar-refractivity contribution in [3.63, 3.8) is 0 Å². The average Bonchev–Trinajstić information content (AvgIpc) is 2.73. The smallest absolute Gasteiger partial charge is 0.232 e. The highest BCUT2D eigenvalue weighted by Gasteiger charge is 2.44. The second-order valence-corrected chi connectivity index (χ2v) is 9.52. The largest absolute Gasteiger partial charge is 0.494 e. The molecule has 33 heavy (non-hydrogen) atoms. The van der Waals surface area contributed by atoms with Gasteiger partial charge in [-0.15, -0.1) is 0 Å². The van der Waals surface area contributed by atoms with Crippen molar-refractivity contribution < 1.29 is 19.1 Å². The van der Waals surface area contributed by atoms with E-state index in [1.54, 1.807) is 17.0 Å². The monoisotopic (exact) mass is 446 g/mol. The normalized spacial score (nSPS) is 19.9. The second-order valence-electron chi connectivity index (χ2n) is 9.52. The number of carbonyl (C=O) groups is 3. The van der Waals surface area contributed by atoms with Gasteiger partial charge in [0.1, 0.15) is 5.75 Å². The molecule has 6 nitrogen and oxygen atoms in total. The zero-order valence-corrected chi connectivity index (χ0v) is 19.6. The van der Waals surface area contributed by atoms with Gasteiger partial charge in [0.05, 0.1) is 6.61 Å². The average molecular weight is 447 g/mol. The Bertz CT molecular complexity index is 1110. The summed E-state index contributed by atoms with van der Waals surface area (Å²) in [7, 11) is 0. The fourth-order valence-electron chi connectivity index (χ4n) is 4.86. The summed E-state index contributed by atoms with van der Waals surface area (Å²) in [5, 5.41) is 2.75. The molecule has 2 amide bonds. The van der Waals surface area contributed by atoms with Gasteiger partial charge >= 0.3 is 0 Å². The molecular weight excluding hydrogens is 416 g/mol. The number of carbonyl (C=O) groups excluding carboxylic acids is 3. The molecule has 2 aromatic carbocycles. The number of hydrogen-bond donors (Lipinski definition) is 1. The number of anilines is 2. The lowest BCUT2D eigenvalue weighted by Crippen LogP contribution is -2.43. The van der Waals surface area contributed by atoms with Crippen LogP contribution in [-0.4, -0.2) is 24.2 Å². The molecule has 1 atom stereocenters. The van der Waals surface area contributed by atoms with Crippen LogP contribution in [-0.2, 0) is 14.4 Å². The van der Waals surface area contributed by atoms with Crippen LogP contribution in [0.25, 0.3) is 0 Å². The molecule has 1 aliphatic heterocycles. The van der Waals surface area contributed by atoms with Gasteiger partial charge in [0.2, 0.25) is 11.8 Å². The van der Waals surface area contributed by atoms with E-state index in [9.17, 15) is 14.4 Å². The number of nitrogens with zero attached hydrogens (tertiary/aromatic N) is 1. The maximum absolute atomic E-state index is 13.5. The van der Waals surface area contributed by atoms with Crippen molar-refractivity contribution in [2.75, 3.05) is 16.8 Å². The first kappa shape index (κ1) is 22.8. The molecule has 0 radical (unpaired) electrons. The first-order chi connectivity index (χ1) is 15.7.